The molecule has 0 atom stereocenters. The first-order valence-corrected chi connectivity index (χ1v) is 7.11. The molecule has 0 heterocycles. The maximum Gasteiger partial charge on any atom is 0.336 e. The Labute approximate surface area is 92.5 Å². The number of hydrogen-bond acceptors (Lipinski definition) is 2. The van der Waals surface area contributed by atoms with Gasteiger partial charge in [0.25, 0.3) is 0 Å². The van der Waals surface area contributed by atoms with Crippen LogP contribution in [-0.4, -0.2) is 29.4 Å². The van der Waals surface area contributed by atoms with Gasteiger partial charge in [0, 0.05) is 12.1 Å². The molecule has 1 N–H and O–H groups in total. The highest BCUT2D eigenvalue weighted by atomic mass is 32.2. The minimum absolute atomic E-state index is 0.333. The van der Waals surface area contributed by atoms with Gasteiger partial charge in [-0.05, 0) is 19.3 Å². The van der Waals surface area contributed by atoms with Crippen LogP contribution in [0, 0.1) is 0 Å². The fourth-order valence-corrected chi connectivity index (χ4v) is 3.86. The molecule has 0 aromatic carbocycles. The van der Waals surface area contributed by atoms with Crippen molar-refractivity contribution in [3.05, 3.63) is 0 Å². The molecule has 0 bridgehead atoms. The van der Waals surface area contributed by atoms with Crippen LogP contribution in [0.3, 0.4) is 0 Å². The summed E-state index contributed by atoms with van der Waals surface area (Å²) in [4.78, 5) is 0. The zero-order valence-corrected chi connectivity index (χ0v) is 10.4. The average Bonchev–Trinajstić information content (AvgIpc) is 2.18. The van der Waals surface area contributed by atoms with E-state index in [-0.39, 0.29) is 5.54 Å². The Bertz CT molecular complexity index is 294. The van der Waals surface area contributed by atoms with Crippen molar-refractivity contribution in [2.75, 3.05) is 6.54 Å². The van der Waals surface area contributed by atoms with Crippen LogP contribution in [0.25, 0.3) is 0 Å². The molecule has 1 rings (SSSR count). The monoisotopic (exact) mass is 235 g/mol. The lowest BCUT2D eigenvalue weighted by Gasteiger charge is -2.43. The minimum Gasteiger partial charge on any atom is -0.273 e. The van der Waals surface area contributed by atoms with E-state index in [0.29, 0.717) is 6.54 Å². The standard InChI is InChI=1S/C10H21NO3S/c1-3-10(8-6-5-7-9-10)11(4-2)15(12,13)14/h3-9H2,1-2H3,(H,12,13,14). The molecule has 4 nitrogen and oxygen atoms in total. The molecule has 0 saturated heterocycles. The number of nitrogens with zero attached hydrogens (tertiary/aromatic N) is 1. The van der Waals surface area contributed by atoms with Crippen LogP contribution >= 0.6 is 0 Å². The highest BCUT2D eigenvalue weighted by Crippen LogP contribution is 2.37. The van der Waals surface area contributed by atoms with Gasteiger partial charge in [0.05, 0.1) is 0 Å². The first-order valence-electron chi connectivity index (χ1n) is 5.71. The lowest BCUT2D eigenvalue weighted by molar-refractivity contribution is 0.117. The van der Waals surface area contributed by atoms with Crippen molar-refractivity contribution in [2.45, 2.75) is 57.9 Å². The van der Waals surface area contributed by atoms with Gasteiger partial charge in [0.15, 0.2) is 0 Å². The average molecular weight is 235 g/mol. The molecule has 0 aromatic rings. The van der Waals surface area contributed by atoms with E-state index in [1.54, 1.807) is 6.92 Å². The quantitative estimate of drug-likeness (QED) is 0.760. The molecule has 1 fully saturated rings. The predicted octanol–water partition coefficient (Wildman–Crippen LogP) is 2.22. The predicted molar refractivity (Wildman–Crippen MR) is 60.0 cm³/mol. The van der Waals surface area contributed by atoms with Crippen LogP contribution in [0.15, 0.2) is 0 Å². The summed E-state index contributed by atoms with van der Waals surface area (Å²) in [6.07, 6.45) is 5.80. The second-order valence-electron chi connectivity index (χ2n) is 4.28. The maximum absolute atomic E-state index is 11.3. The molecule has 1 saturated carbocycles. The zero-order chi connectivity index (χ0) is 11.5. The normalized spacial score (nSPS) is 21.9. The van der Waals surface area contributed by atoms with Gasteiger partial charge in [-0.2, -0.15) is 12.7 Å². The van der Waals surface area contributed by atoms with Gasteiger partial charge in [0.1, 0.15) is 0 Å². The van der Waals surface area contributed by atoms with Gasteiger partial charge in [-0.1, -0.05) is 33.1 Å². The van der Waals surface area contributed by atoms with Gasteiger partial charge in [-0.25, -0.2) is 0 Å². The molecule has 0 aliphatic heterocycles. The zero-order valence-electron chi connectivity index (χ0n) is 9.57. The summed E-state index contributed by atoms with van der Waals surface area (Å²) < 4.78 is 33.1. The van der Waals surface area contributed by atoms with E-state index in [2.05, 4.69) is 0 Å². The van der Waals surface area contributed by atoms with Crippen LogP contribution < -0.4 is 0 Å². The van der Waals surface area contributed by atoms with Crippen molar-refractivity contribution < 1.29 is 13.0 Å². The topological polar surface area (TPSA) is 57.6 Å². The van der Waals surface area contributed by atoms with E-state index in [1.807, 2.05) is 6.92 Å². The Morgan fingerprint density at radius 3 is 2.07 bits per heavy atom. The highest BCUT2D eigenvalue weighted by molar-refractivity contribution is 7.83. The molecule has 0 unspecified atom stereocenters. The molecular weight excluding hydrogens is 214 g/mol. The largest absolute Gasteiger partial charge is 0.336 e. The Morgan fingerprint density at radius 2 is 1.73 bits per heavy atom. The van der Waals surface area contributed by atoms with Crippen molar-refractivity contribution in [3.8, 4) is 0 Å². The summed E-state index contributed by atoms with van der Waals surface area (Å²) >= 11 is 0. The van der Waals surface area contributed by atoms with Crippen LogP contribution in [0.4, 0.5) is 0 Å². The molecule has 0 amide bonds. The highest BCUT2D eigenvalue weighted by Gasteiger charge is 2.41. The Balaban J connectivity index is 2.96. The van der Waals surface area contributed by atoms with Crippen LogP contribution in [0.2, 0.25) is 0 Å². The lowest BCUT2D eigenvalue weighted by Crippen LogP contribution is -2.52. The summed E-state index contributed by atoms with van der Waals surface area (Å²) in [5, 5.41) is 0. The third kappa shape index (κ3) is 2.71. The van der Waals surface area contributed by atoms with Gasteiger partial charge < -0.3 is 0 Å². The Hall–Kier alpha value is -0.130. The Morgan fingerprint density at radius 1 is 1.20 bits per heavy atom. The molecule has 0 spiro atoms. The summed E-state index contributed by atoms with van der Waals surface area (Å²) in [5.74, 6) is 0. The van der Waals surface area contributed by atoms with Crippen molar-refractivity contribution in [1.82, 2.24) is 4.31 Å². The van der Waals surface area contributed by atoms with Crippen molar-refractivity contribution >= 4 is 10.3 Å². The number of rotatable bonds is 4. The van der Waals surface area contributed by atoms with Crippen molar-refractivity contribution in [1.29, 1.82) is 0 Å². The van der Waals surface area contributed by atoms with Crippen molar-refractivity contribution in [2.24, 2.45) is 0 Å². The molecule has 0 aromatic heterocycles. The second kappa shape index (κ2) is 4.80. The van der Waals surface area contributed by atoms with E-state index in [9.17, 15) is 13.0 Å². The first-order chi connectivity index (χ1) is 6.96. The van der Waals surface area contributed by atoms with E-state index in [0.717, 1.165) is 32.1 Å². The second-order valence-corrected chi connectivity index (χ2v) is 5.62. The van der Waals surface area contributed by atoms with Gasteiger partial charge in [-0.3, -0.25) is 4.55 Å². The molecule has 15 heavy (non-hydrogen) atoms. The van der Waals surface area contributed by atoms with E-state index < -0.39 is 10.3 Å². The summed E-state index contributed by atoms with van der Waals surface area (Å²) in [7, 11) is -4.05. The summed E-state index contributed by atoms with van der Waals surface area (Å²) in [6, 6.07) is 0. The molecule has 0 radical (unpaired) electrons. The van der Waals surface area contributed by atoms with Crippen LogP contribution in [0.1, 0.15) is 52.4 Å². The number of hydrogen-bond donors (Lipinski definition) is 1. The molecule has 1 aliphatic carbocycles. The van der Waals surface area contributed by atoms with E-state index in [1.165, 1.54) is 10.7 Å². The fourth-order valence-electron chi connectivity index (χ4n) is 2.73. The minimum atomic E-state index is -4.05. The molecule has 90 valence electrons. The molecule has 5 heteroatoms. The van der Waals surface area contributed by atoms with Crippen LogP contribution in [-0.2, 0) is 10.3 Å². The first kappa shape index (κ1) is 12.9. The smallest absolute Gasteiger partial charge is 0.273 e. The maximum atomic E-state index is 11.3. The van der Waals surface area contributed by atoms with E-state index >= 15 is 0 Å². The third-order valence-corrected chi connectivity index (χ3v) is 4.74. The van der Waals surface area contributed by atoms with Gasteiger partial charge in [-0.15, -0.1) is 0 Å². The van der Waals surface area contributed by atoms with Crippen molar-refractivity contribution in [3.63, 3.8) is 0 Å². The molecular formula is C10H21NO3S. The molecule has 1 aliphatic rings. The Kier molecular flexibility index (Phi) is 4.14. The summed E-state index contributed by atoms with van der Waals surface area (Å²) in [5.41, 5.74) is -0.333. The van der Waals surface area contributed by atoms with Crippen LogP contribution in [0.5, 0.6) is 0 Å². The van der Waals surface area contributed by atoms with Gasteiger partial charge >= 0.3 is 10.3 Å². The van der Waals surface area contributed by atoms with E-state index in [4.69, 9.17) is 0 Å². The van der Waals surface area contributed by atoms with Gasteiger partial charge in [0.2, 0.25) is 0 Å². The summed E-state index contributed by atoms with van der Waals surface area (Å²) in [6.45, 7) is 4.13. The SMILES string of the molecule is CCN(C1(CC)CCCCC1)S(=O)(=O)O. The third-order valence-electron chi connectivity index (χ3n) is 3.54. The fraction of sp³-hybridized carbons (Fsp3) is 1.00. The lowest BCUT2D eigenvalue weighted by atomic mass is 9.80.